The second-order valence-corrected chi connectivity index (χ2v) is 8.73. The van der Waals surface area contributed by atoms with Crippen molar-refractivity contribution in [2.24, 2.45) is 40.6 Å². The number of hydrazone groups is 1. The fourth-order valence-corrected chi connectivity index (χ4v) is 5.73. The minimum atomic E-state index is -0.501. The van der Waals surface area contributed by atoms with Gasteiger partial charge < -0.3 is 9.15 Å². The number of amides is 2. The van der Waals surface area contributed by atoms with Crippen LogP contribution in [0.3, 0.4) is 0 Å². The zero-order valence-corrected chi connectivity index (χ0v) is 17.1. The van der Waals surface area contributed by atoms with Gasteiger partial charge in [-0.25, -0.2) is 0 Å². The van der Waals surface area contributed by atoms with Gasteiger partial charge in [-0.2, -0.15) is 10.1 Å². The first kappa shape index (κ1) is 19.0. The molecule has 0 spiro atoms. The number of carbonyl (C=O) groups excluding carboxylic acids is 2. The summed E-state index contributed by atoms with van der Waals surface area (Å²) in [6.45, 7) is 0. The van der Waals surface area contributed by atoms with Crippen LogP contribution in [0.15, 0.2) is 52.0 Å². The number of hydrogen-bond donors (Lipinski definition) is 0. The molecule has 2 amide bonds. The van der Waals surface area contributed by atoms with Crippen molar-refractivity contribution in [2.75, 3.05) is 7.11 Å². The van der Waals surface area contributed by atoms with Crippen LogP contribution in [0.4, 0.5) is 5.69 Å². The van der Waals surface area contributed by atoms with Crippen molar-refractivity contribution >= 4 is 23.7 Å². The van der Waals surface area contributed by atoms with E-state index in [0.717, 1.165) is 11.4 Å². The Labute approximate surface area is 182 Å². The molecular formula is C23H19N3O6. The van der Waals surface area contributed by atoms with E-state index in [0.29, 0.717) is 34.7 Å². The number of non-ortho nitro benzene ring substituents is 1. The maximum Gasteiger partial charge on any atom is 0.273 e. The number of furan rings is 1. The second-order valence-electron chi connectivity index (χ2n) is 8.73. The molecule has 162 valence electrons. The Hall–Kier alpha value is -3.75. The number of methoxy groups -OCH3 is 1. The van der Waals surface area contributed by atoms with Crippen LogP contribution in [-0.2, 0) is 9.59 Å². The summed E-state index contributed by atoms with van der Waals surface area (Å²) < 4.78 is 11.0. The van der Waals surface area contributed by atoms with Gasteiger partial charge >= 0.3 is 0 Å². The molecule has 9 nitrogen and oxygen atoms in total. The minimum Gasteiger partial charge on any atom is -0.496 e. The molecule has 3 fully saturated rings. The van der Waals surface area contributed by atoms with E-state index >= 15 is 0 Å². The van der Waals surface area contributed by atoms with Gasteiger partial charge in [0.15, 0.2) is 0 Å². The molecule has 6 atom stereocenters. The fraction of sp³-hybridized carbons (Fsp3) is 0.348. The largest absolute Gasteiger partial charge is 0.496 e. The number of rotatable bonds is 5. The normalized spacial score (nSPS) is 31.8. The van der Waals surface area contributed by atoms with E-state index < -0.39 is 4.92 Å². The van der Waals surface area contributed by atoms with Gasteiger partial charge in [-0.05, 0) is 48.3 Å². The maximum atomic E-state index is 13.0. The van der Waals surface area contributed by atoms with Gasteiger partial charge in [0, 0.05) is 6.07 Å². The predicted octanol–water partition coefficient (Wildman–Crippen LogP) is 3.25. The molecule has 0 radical (unpaired) electrons. The number of allylic oxidation sites excluding steroid dienone is 2. The smallest absolute Gasteiger partial charge is 0.273 e. The molecule has 1 aromatic heterocycles. The number of hydrogen-bond acceptors (Lipinski definition) is 7. The van der Waals surface area contributed by atoms with Crippen LogP contribution in [0, 0.1) is 45.6 Å². The monoisotopic (exact) mass is 433 g/mol. The highest BCUT2D eigenvalue weighted by molar-refractivity contribution is 6.06. The third-order valence-electron chi connectivity index (χ3n) is 7.23. The lowest BCUT2D eigenvalue weighted by Gasteiger charge is -2.37. The summed E-state index contributed by atoms with van der Waals surface area (Å²) in [5.74, 6) is 1.39. The molecule has 2 saturated carbocycles. The Morgan fingerprint density at radius 1 is 1.12 bits per heavy atom. The summed E-state index contributed by atoms with van der Waals surface area (Å²) in [4.78, 5) is 36.4. The lowest BCUT2D eigenvalue weighted by atomic mass is 9.63. The molecule has 2 aromatic rings. The van der Waals surface area contributed by atoms with Crippen molar-refractivity contribution in [1.29, 1.82) is 0 Å². The van der Waals surface area contributed by atoms with Gasteiger partial charge in [-0.15, -0.1) is 0 Å². The lowest BCUT2D eigenvalue weighted by molar-refractivity contribution is -0.384. The summed E-state index contributed by atoms with van der Waals surface area (Å²) in [6, 6.07) is 7.56. The molecule has 1 aliphatic heterocycles. The first-order chi connectivity index (χ1) is 15.5. The standard InChI is InChI=1S/C23H19N3O6/c1-31-19-8-11(26(29)30)2-4-15(19)18-7-3-12(32-18)10-24-25-22(27)20-13-5-6-14(17-9-16(13)17)21(20)23(25)28/h2-8,10,13-14,16-17,20-21H,9H2,1H3/b24-10-/t13-,14-,16-,17+,20-,21+/m0/s1. The maximum absolute atomic E-state index is 13.0. The Bertz CT molecular complexity index is 1190. The van der Waals surface area contributed by atoms with E-state index in [-0.39, 0.29) is 41.2 Å². The number of nitro benzene ring substituents is 1. The van der Waals surface area contributed by atoms with Crippen LogP contribution >= 0.6 is 0 Å². The van der Waals surface area contributed by atoms with Crippen molar-refractivity contribution in [3.8, 4) is 17.1 Å². The third kappa shape index (κ3) is 2.60. The first-order valence-electron chi connectivity index (χ1n) is 10.5. The van der Waals surface area contributed by atoms with E-state index in [2.05, 4.69) is 17.3 Å². The predicted molar refractivity (Wildman–Crippen MR) is 111 cm³/mol. The highest BCUT2D eigenvalue weighted by Crippen LogP contribution is 2.65. The Kier molecular flexibility index (Phi) is 3.93. The molecule has 9 heteroatoms. The molecule has 1 aromatic carbocycles. The summed E-state index contributed by atoms with van der Waals surface area (Å²) in [5.41, 5.74) is 0.450. The van der Waals surface area contributed by atoms with Gasteiger partial charge in [-0.3, -0.25) is 19.7 Å². The van der Waals surface area contributed by atoms with Crippen LogP contribution in [0.5, 0.6) is 5.75 Å². The van der Waals surface area contributed by atoms with E-state index in [4.69, 9.17) is 9.15 Å². The van der Waals surface area contributed by atoms with Crippen molar-refractivity contribution in [1.82, 2.24) is 5.01 Å². The SMILES string of the molecule is COc1cc([N+](=O)[O-])ccc1-c1ccc(/C=N\N2C(=O)[C@@H]3[C@H]4C=C[C@@H]([C@@H]5C[C@H]45)[C@@H]3C2=O)o1. The first-order valence-corrected chi connectivity index (χ1v) is 10.5. The van der Waals surface area contributed by atoms with Crippen LogP contribution in [0.25, 0.3) is 11.3 Å². The molecule has 1 saturated heterocycles. The van der Waals surface area contributed by atoms with Crippen LogP contribution in [0.2, 0.25) is 0 Å². The molecule has 32 heavy (non-hydrogen) atoms. The average molecular weight is 433 g/mol. The van der Waals surface area contributed by atoms with Crippen LogP contribution in [-0.4, -0.2) is 35.1 Å². The van der Waals surface area contributed by atoms with Crippen molar-refractivity contribution in [2.45, 2.75) is 6.42 Å². The van der Waals surface area contributed by atoms with Crippen molar-refractivity contribution < 1.29 is 23.7 Å². The van der Waals surface area contributed by atoms with E-state index in [1.165, 1.54) is 25.5 Å². The Balaban J connectivity index is 1.24. The van der Waals surface area contributed by atoms with Gasteiger partial charge in [0.25, 0.3) is 17.5 Å². The number of nitro groups is 1. The topological polar surface area (TPSA) is 115 Å². The Morgan fingerprint density at radius 2 is 1.81 bits per heavy atom. The summed E-state index contributed by atoms with van der Waals surface area (Å²) in [6.07, 6.45) is 6.70. The van der Waals surface area contributed by atoms with E-state index in [9.17, 15) is 19.7 Å². The average Bonchev–Trinajstić information content (AvgIpc) is 3.44. The van der Waals surface area contributed by atoms with E-state index in [1.807, 2.05) is 0 Å². The summed E-state index contributed by atoms with van der Waals surface area (Å²) in [7, 11) is 1.42. The number of carbonyl (C=O) groups is 2. The number of ether oxygens (including phenoxy) is 1. The second kappa shape index (κ2) is 6.62. The highest BCUT2D eigenvalue weighted by atomic mass is 16.6. The molecule has 0 unspecified atom stereocenters. The molecule has 4 aliphatic carbocycles. The number of benzene rings is 1. The van der Waals surface area contributed by atoms with Gasteiger partial charge in [0.05, 0.1) is 41.7 Å². The third-order valence-corrected chi connectivity index (χ3v) is 7.23. The highest BCUT2D eigenvalue weighted by Gasteiger charge is 2.67. The van der Waals surface area contributed by atoms with Gasteiger partial charge in [-0.1, -0.05) is 12.2 Å². The molecule has 0 N–H and O–H groups in total. The van der Waals surface area contributed by atoms with Crippen molar-refractivity contribution in [3.05, 3.63) is 58.4 Å². The van der Waals surface area contributed by atoms with Crippen LogP contribution in [0.1, 0.15) is 12.2 Å². The van der Waals surface area contributed by atoms with E-state index in [1.54, 1.807) is 18.2 Å². The zero-order valence-electron chi connectivity index (χ0n) is 17.1. The van der Waals surface area contributed by atoms with Crippen molar-refractivity contribution in [3.63, 3.8) is 0 Å². The molecule has 5 aliphatic rings. The van der Waals surface area contributed by atoms with Gasteiger partial charge in [0.2, 0.25) is 0 Å². The zero-order chi connectivity index (χ0) is 22.1. The minimum absolute atomic E-state index is 0.0902. The fourth-order valence-electron chi connectivity index (χ4n) is 5.73. The quantitative estimate of drug-likeness (QED) is 0.235. The molecule has 2 bridgehead atoms. The van der Waals surface area contributed by atoms with Crippen LogP contribution < -0.4 is 4.74 Å². The molecule has 2 heterocycles. The molecular weight excluding hydrogens is 414 g/mol. The molecule has 7 rings (SSSR count). The lowest BCUT2D eigenvalue weighted by Crippen LogP contribution is -2.40. The van der Waals surface area contributed by atoms with Gasteiger partial charge in [0.1, 0.15) is 17.3 Å². The number of imide groups is 1. The summed E-state index contributed by atoms with van der Waals surface area (Å²) >= 11 is 0. The summed E-state index contributed by atoms with van der Waals surface area (Å²) in [5, 5.41) is 16.2. The number of nitrogens with zero attached hydrogens (tertiary/aromatic N) is 3. The Morgan fingerprint density at radius 3 is 2.44 bits per heavy atom.